The molecule has 1 aromatic rings. The van der Waals surface area contributed by atoms with Crippen molar-refractivity contribution in [2.24, 2.45) is 0 Å². The molecule has 0 aliphatic heterocycles. The van der Waals surface area contributed by atoms with E-state index < -0.39 is 10.9 Å². The van der Waals surface area contributed by atoms with Gasteiger partial charge in [-0.3, -0.25) is 10.1 Å². The van der Waals surface area contributed by atoms with Gasteiger partial charge in [0.1, 0.15) is 5.56 Å². The number of rotatable bonds is 8. The van der Waals surface area contributed by atoms with Gasteiger partial charge in [0, 0.05) is 23.3 Å². The van der Waals surface area contributed by atoms with Crippen LogP contribution in [0, 0.1) is 10.1 Å². The summed E-state index contributed by atoms with van der Waals surface area (Å²) in [6.45, 7) is 7.01. The minimum Gasteiger partial charge on any atom is -0.477 e. The number of aromatic carboxylic acids is 1. The maximum Gasteiger partial charge on any atom is 0.342 e. The molecule has 1 N–H and O–H groups in total. The van der Waals surface area contributed by atoms with E-state index in [-0.39, 0.29) is 11.3 Å². The van der Waals surface area contributed by atoms with E-state index in [0.29, 0.717) is 0 Å². The fourth-order valence-corrected chi connectivity index (χ4v) is 2.72. The zero-order valence-corrected chi connectivity index (χ0v) is 12.4. The maximum absolute atomic E-state index is 11.0. The number of hydrogen-bond donors (Lipinski definition) is 1. The summed E-state index contributed by atoms with van der Waals surface area (Å²) in [4.78, 5) is 24.1. The molecule has 0 amide bonds. The molecule has 0 aliphatic carbocycles. The Labute approximate surface area is 121 Å². The molecule has 0 aromatic heterocycles. The molecule has 0 spiro atoms. The maximum atomic E-state index is 11.0. The summed E-state index contributed by atoms with van der Waals surface area (Å²) in [6, 6.07) is 4.22. The average Bonchev–Trinajstić information content (AvgIpc) is 2.43. The number of nitrogens with zero attached hydrogens (tertiary/aromatic N) is 2. The summed E-state index contributed by atoms with van der Waals surface area (Å²) >= 11 is 1.50. The van der Waals surface area contributed by atoms with Crippen LogP contribution < -0.4 is 0 Å². The Morgan fingerprint density at radius 3 is 2.55 bits per heavy atom. The van der Waals surface area contributed by atoms with Gasteiger partial charge in [-0.15, -0.1) is 11.8 Å². The van der Waals surface area contributed by atoms with Gasteiger partial charge in [0.2, 0.25) is 0 Å². The first-order valence-corrected chi connectivity index (χ1v) is 7.35. The molecule has 6 nitrogen and oxygen atoms in total. The third-order valence-electron chi connectivity index (χ3n) is 2.97. The Balaban J connectivity index is 2.75. The van der Waals surface area contributed by atoms with Crippen LogP contribution in [-0.4, -0.2) is 46.3 Å². The van der Waals surface area contributed by atoms with Crippen LogP contribution in [0.4, 0.5) is 5.69 Å². The number of hydrogen-bond acceptors (Lipinski definition) is 5. The highest BCUT2D eigenvalue weighted by atomic mass is 32.2. The molecule has 0 radical (unpaired) electrons. The van der Waals surface area contributed by atoms with Crippen LogP contribution >= 0.6 is 11.8 Å². The third-order valence-corrected chi connectivity index (χ3v) is 3.94. The van der Waals surface area contributed by atoms with Crippen LogP contribution in [0.1, 0.15) is 24.2 Å². The van der Waals surface area contributed by atoms with E-state index in [4.69, 9.17) is 5.11 Å². The lowest BCUT2D eigenvalue weighted by molar-refractivity contribution is -0.385. The molecule has 0 heterocycles. The van der Waals surface area contributed by atoms with Gasteiger partial charge in [0.25, 0.3) is 5.69 Å². The molecule has 7 heteroatoms. The highest BCUT2D eigenvalue weighted by Gasteiger charge is 2.19. The minimum atomic E-state index is -1.28. The fourth-order valence-electron chi connectivity index (χ4n) is 1.77. The van der Waals surface area contributed by atoms with Crippen LogP contribution in [0.15, 0.2) is 23.1 Å². The van der Waals surface area contributed by atoms with E-state index in [9.17, 15) is 14.9 Å². The summed E-state index contributed by atoms with van der Waals surface area (Å²) in [5.74, 6) is -0.457. The first kappa shape index (κ1) is 16.5. The SMILES string of the molecule is CCN(CC)CCSc1ccc([N+](=O)[O-])c(C(=O)O)c1. The number of thioether (sulfide) groups is 1. The Hall–Kier alpha value is -1.60. The van der Waals surface area contributed by atoms with E-state index in [2.05, 4.69) is 18.7 Å². The molecule has 0 unspecified atom stereocenters. The monoisotopic (exact) mass is 298 g/mol. The van der Waals surface area contributed by atoms with Gasteiger partial charge < -0.3 is 10.0 Å². The predicted molar refractivity (Wildman–Crippen MR) is 78.6 cm³/mol. The zero-order chi connectivity index (χ0) is 15.1. The molecule has 0 saturated heterocycles. The lowest BCUT2D eigenvalue weighted by atomic mass is 10.2. The number of carboxylic acids is 1. The molecule has 0 fully saturated rings. The van der Waals surface area contributed by atoms with Crippen molar-refractivity contribution >= 4 is 23.4 Å². The van der Waals surface area contributed by atoms with Crippen LogP contribution in [-0.2, 0) is 0 Å². The van der Waals surface area contributed by atoms with Crippen molar-refractivity contribution in [2.75, 3.05) is 25.4 Å². The molecule has 1 rings (SSSR count). The summed E-state index contributed by atoms with van der Waals surface area (Å²) in [7, 11) is 0. The van der Waals surface area contributed by atoms with Gasteiger partial charge in [-0.2, -0.15) is 0 Å². The van der Waals surface area contributed by atoms with Gasteiger partial charge in [-0.05, 0) is 25.2 Å². The van der Waals surface area contributed by atoms with Crippen molar-refractivity contribution in [3.05, 3.63) is 33.9 Å². The largest absolute Gasteiger partial charge is 0.477 e. The molecular weight excluding hydrogens is 280 g/mol. The van der Waals surface area contributed by atoms with Gasteiger partial charge in [0.05, 0.1) is 4.92 Å². The third kappa shape index (κ3) is 4.50. The molecule has 0 saturated carbocycles. The van der Waals surface area contributed by atoms with E-state index in [1.165, 1.54) is 23.9 Å². The summed E-state index contributed by atoms with van der Waals surface area (Å²) < 4.78 is 0. The van der Waals surface area contributed by atoms with Crippen molar-refractivity contribution in [3.8, 4) is 0 Å². The van der Waals surface area contributed by atoms with Gasteiger partial charge in [0.15, 0.2) is 0 Å². The number of carboxylic acid groups (broad SMARTS) is 1. The number of benzene rings is 1. The predicted octanol–water partition coefficient (Wildman–Crippen LogP) is 2.73. The molecule has 0 bridgehead atoms. The second kappa shape index (κ2) is 7.86. The molecule has 1 aromatic carbocycles. The van der Waals surface area contributed by atoms with Gasteiger partial charge in [-0.25, -0.2) is 4.79 Å². The molecule has 0 atom stereocenters. The topological polar surface area (TPSA) is 83.7 Å². The number of carbonyl (C=O) groups is 1. The quantitative estimate of drug-likeness (QED) is 0.451. The first-order valence-electron chi connectivity index (χ1n) is 6.36. The second-order valence-electron chi connectivity index (χ2n) is 4.12. The van der Waals surface area contributed by atoms with Crippen molar-refractivity contribution in [1.29, 1.82) is 0 Å². The van der Waals surface area contributed by atoms with Crippen molar-refractivity contribution in [2.45, 2.75) is 18.7 Å². The molecule has 110 valence electrons. The van der Waals surface area contributed by atoms with Crippen molar-refractivity contribution in [1.82, 2.24) is 4.90 Å². The van der Waals surface area contributed by atoms with Crippen LogP contribution in [0.5, 0.6) is 0 Å². The van der Waals surface area contributed by atoms with Crippen molar-refractivity contribution < 1.29 is 14.8 Å². The molecular formula is C13H18N2O4S. The standard InChI is InChI=1S/C13H18N2O4S/c1-3-14(4-2)7-8-20-10-5-6-12(15(18)19)11(9-10)13(16)17/h5-6,9H,3-4,7-8H2,1-2H3,(H,16,17). The highest BCUT2D eigenvalue weighted by molar-refractivity contribution is 7.99. The summed E-state index contributed by atoms with van der Waals surface area (Å²) in [5.41, 5.74) is -0.631. The van der Waals surface area contributed by atoms with Crippen LogP contribution in [0.3, 0.4) is 0 Å². The molecule has 0 aliphatic rings. The van der Waals surface area contributed by atoms with E-state index in [0.717, 1.165) is 30.3 Å². The van der Waals surface area contributed by atoms with Crippen LogP contribution in [0.2, 0.25) is 0 Å². The van der Waals surface area contributed by atoms with Gasteiger partial charge >= 0.3 is 5.97 Å². The van der Waals surface area contributed by atoms with E-state index >= 15 is 0 Å². The summed E-state index contributed by atoms with van der Waals surface area (Å²) in [5, 5.41) is 19.8. The van der Waals surface area contributed by atoms with Crippen LogP contribution in [0.25, 0.3) is 0 Å². The highest BCUT2D eigenvalue weighted by Crippen LogP contribution is 2.26. The summed E-state index contributed by atoms with van der Waals surface area (Å²) in [6.07, 6.45) is 0. The average molecular weight is 298 g/mol. The minimum absolute atomic E-state index is 0.261. The fraction of sp³-hybridized carbons (Fsp3) is 0.462. The Bertz CT molecular complexity index is 489. The second-order valence-corrected chi connectivity index (χ2v) is 5.28. The normalized spacial score (nSPS) is 10.8. The lowest BCUT2D eigenvalue weighted by Crippen LogP contribution is -2.25. The van der Waals surface area contributed by atoms with Crippen molar-refractivity contribution in [3.63, 3.8) is 0 Å². The number of nitro groups is 1. The smallest absolute Gasteiger partial charge is 0.342 e. The Morgan fingerprint density at radius 2 is 2.05 bits per heavy atom. The lowest BCUT2D eigenvalue weighted by Gasteiger charge is -2.17. The Kier molecular flexibility index (Phi) is 6.47. The zero-order valence-electron chi connectivity index (χ0n) is 11.5. The van der Waals surface area contributed by atoms with E-state index in [1.807, 2.05) is 0 Å². The first-order chi connectivity index (χ1) is 9.49. The number of nitro benzene ring substituents is 1. The Morgan fingerprint density at radius 1 is 1.40 bits per heavy atom. The molecule has 20 heavy (non-hydrogen) atoms. The van der Waals surface area contributed by atoms with Gasteiger partial charge in [-0.1, -0.05) is 13.8 Å². The van der Waals surface area contributed by atoms with E-state index in [1.54, 1.807) is 6.07 Å².